The highest BCUT2D eigenvalue weighted by Gasteiger charge is 2.37. The van der Waals surface area contributed by atoms with Crippen molar-refractivity contribution in [2.45, 2.75) is 19.3 Å². The summed E-state index contributed by atoms with van der Waals surface area (Å²) in [6, 6.07) is 5.97. The molecule has 1 aromatic carbocycles. The number of para-hydroxylation sites is 1. The number of nitro benzene ring substituents is 1. The van der Waals surface area contributed by atoms with Crippen molar-refractivity contribution in [2.75, 3.05) is 19.6 Å². The normalized spacial score (nSPS) is 19.3. The number of imide groups is 1. The minimum absolute atomic E-state index is 0.0794. The number of amides is 3. The van der Waals surface area contributed by atoms with Gasteiger partial charge in [0.25, 0.3) is 16.8 Å². The number of nitrogens with zero attached hydrogens (tertiary/aromatic N) is 3. The molecule has 9 heteroatoms. The number of thioether (sulfide) groups is 1. The Hall–Kier alpha value is -2.68. The minimum Gasteiger partial charge on any atom is -0.341 e. The summed E-state index contributed by atoms with van der Waals surface area (Å²) in [6.45, 7) is 0.987. The number of hydrogen-bond acceptors (Lipinski definition) is 6. The molecular weight excluding hydrogens is 358 g/mol. The Morgan fingerprint density at radius 3 is 2.58 bits per heavy atom. The van der Waals surface area contributed by atoms with E-state index in [4.69, 9.17) is 0 Å². The lowest BCUT2D eigenvalue weighted by molar-refractivity contribution is -0.385. The van der Waals surface area contributed by atoms with Gasteiger partial charge in [-0.05, 0) is 43.2 Å². The molecule has 26 heavy (non-hydrogen) atoms. The lowest BCUT2D eigenvalue weighted by Gasteiger charge is -2.27. The molecule has 0 atom stereocenters. The number of likely N-dealkylation sites (tertiary alicyclic amines) is 1. The molecule has 0 N–H and O–H groups in total. The van der Waals surface area contributed by atoms with Gasteiger partial charge in [0.1, 0.15) is 6.54 Å². The van der Waals surface area contributed by atoms with E-state index in [2.05, 4.69) is 0 Å². The molecule has 2 aliphatic heterocycles. The van der Waals surface area contributed by atoms with Gasteiger partial charge < -0.3 is 4.90 Å². The van der Waals surface area contributed by atoms with Crippen molar-refractivity contribution in [3.63, 3.8) is 0 Å². The standard InChI is InChI=1S/C17H17N3O5S/c21-15(18-8-4-1-5-9-18)11-19-16(22)14(26-17(19)23)10-12-6-2-3-7-13(12)20(24)25/h2-3,6-7,10H,1,4-5,8-9,11H2/b14-10+. The van der Waals surface area contributed by atoms with Gasteiger partial charge in [0, 0.05) is 19.2 Å². The molecule has 8 nitrogen and oxygen atoms in total. The Bertz CT molecular complexity index is 801. The van der Waals surface area contributed by atoms with Crippen molar-refractivity contribution in [1.82, 2.24) is 9.80 Å². The number of carbonyl (C=O) groups excluding carboxylic acids is 3. The first-order valence-electron chi connectivity index (χ1n) is 8.24. The van der Waals surface area contributed by atoms with Crippen LogP contribution in [-0.4, -0.2) is 51.4 Å². The maximum absolute atomic E-state index is 12.5. The molecule has 2 saturated heterocycles. The average Bonchev–Trinajstić information content (AvgIpc) is 2.90. The number of benzene rings is 1. The van der Waals surface area contributed by atoms with Crippen LogP contribution in [0.15, 0.2) is 29.2 Å². The van der Waals surface area contributed by atoms with Gasteiger partial charge in [-0.1, -0.05) is 12.1 Å². The summed E-state index contributed by atoms with van der Waals surface area (Å²) in [7, 11) is 0. The summed E-state index contributed by atoms with van der Waals surface area (Å²) in [5.41, 5.74) is 0.0917. The maximum atomic E-state index is 12.5. The van der Waals surface area contributed by atoms with Gasteiger partial charge in [-0.25, -0.2) is 0 Å². The summed E-state index contributed by atoms with van der Waals surface area (Å²) >= 11 is 0.691. The summed E-state index contributed by atoms with van der Waals surface area (Å²) < 4.78 is 0. The first kappa shape index (κ1) is 18.1. The zero-order chi connectivity index (χ0) is 18.7. The Kier molecular flexibility index (Phi) is 5.36. The van der Waals surface area contributed by atoms with E-state index in [0.717, 1.165) is 24.2 Å². The Morgan fingerprint density at radius 2 is 1.88 bits per heavy atom. The van der Waals surface area contributed by atoms with E-state index < -0.39 is 16.1 Å². The number of carbonyl (C=O) groups is 3. The molecule has 0 spiro atoms. The largest absolute Gasteiger partial charge is 0.341 e. The number of rotatable bonds is 4. The van der Waals surface area contributed by atoms with Crippen molar-refractivity contribution >= 4 is 40.6 Å². The van der Waals surface area contributed by atoms with Crippen LogP contribution >= 0.6 is 11.8 Å². The summed E-state index contributed by atoms with van der Waals surface area (Å²) in [6.07, 6.45) is 4.24. The van der Waals surface area contributed by atoms with Gasteiger partial charge in [-0.3, -0.25) is 29.4 Å². The molecule has 2 heterocycles. The summed E-state index contributed by atoms with van der Waals surface area (Å²) in [5.74, 6) is -0.845. The maximum Gasteiger partial charge on any atom is 0.294 e. The zero-order valence-electron chi connectivity index (χ0n) is 13.9. The molecular formula is C17H17N3O5S. The van der Waals surface area contributed by atoms with Crippen molar-refractivity contribution < 1.29 is 19.3 Å². The zero-order valence-corrected chi connectivity index (χ0v) is 14.7. The first-order valence-corrected chi connectivity index (χ1v) is 9.05. The highest BCUT2D eigenvalue weighted by Crippen LogP contribution is 2.33. The van der Waals surface area contributed by atoms with Crippen molar-refractivity contribution in [3.05, 3.63) is 44.8 Å². The molecule has 2 fully saturated rings. The minimum atomic E-state index is -0.594. The van der Waals surface area contributed by atoms with Crippen LogP contribution in [0.1, 0.15) is 24.8 Å². The Morgan fingerprint density at radius 1 is 1.19 bits per heavy atom. The van der Waals surface area contributed by atoms with Crippen LogP contribution in [0, 0.1) is 10.1 Å². The second-order valence-corrected chi connectivity index (χ2v) is 7.02. The third kappa shape index (κ3) is 3.77. The summed E-state index contributed by atoms with van der Waals surface area (Å²) in [4.78, 5) is 50.1. The van der Waals surface area contributed by atoms with Crippen LogP contribution in [0.3, 0.4) is 0 Å². The second-order valence-electron chi connectivity index (χ2n) is 6.03. The fourth-order valence-electron chi connectivity index (χ4n) is 2.93. The lowest BCUT2D eigenvalue weighted by atomic mass is 10.1. The van der Waals surface area contributed by atoms with Crippen LogP contribution in [0.4, 0.5) is 10.5 Å². The molecule has 3 rings (SSSR count). The van der Waals surface area contributed by atoms with Crippen LogP contribution in [0.25, 0.3) is 6.08 Å². The third-order valence-electron chi connectivity index (χ3n) is 4.30. The monoisotopic (exact) mass is 375 g/mol. The van der Waals surface area contributed by atoms with Gasteiger partial charge in [0.05, 0.1) is 15.4 Å². The topological polar surface area (TPSA) is 101 Å². The quantitative estimate of drug-likeness (QED) is 0.455. The highest BCUT2D eigenvalue weighted by atomic mass is 32.2. The van der Waals surface area contributed by atoms with E-state index in [1.165, 1.54) is 24.3 Å². The fraction of sp³-hybridized carbons (Fsp3) is 0.353. The number of hydrogen-bond donors (Lipinski definition) is 0. The fourth-order valence-corrected chi connectivity index (χ4v) is 3.76. The molecule has 0 saturated carbocycles. The van der Waals surface area contributed by atoms with Gasteiger partial charge >= 0.3 is 0 Å². The predicted octanol–water partition coefficient (Wildman–Crippen LogP) is 2.64. The molecule has 2 aliphatic rings. The molecule has 0 bridgehead atoms. The molecule has 0 radical (unpaired) electrons. The van der Waals surface area contributed by atoms with E-state index in [1.54, 1.807) is 11.0 Å². The third-order valence-corrected chi connectivity index (χ3v) is 5.20. The average molecular weight is 375 g/mol. The van der Waals surface area contributed by atoms with E-state index in [0.29, 0.717) is 24.9 Å². The Labute approximate surface area is 154 Å². The van der Waals surface area contributed by atoms with Crippen LogP contribution in [-0.2, 0) is 9.59 Å². The molecule has 136 valence electrons. The van der Waals surface area contributed by atoms with E-state index >= 15 is 0 Å². The van der Waals surface area contributed by atoms with Crippen molar-refractivity contribution in [3.8, 4) is 0 Å². The SMILES string of the molecule is O=C(CN1C(=O)S/C(=C/c2ccccc2[N+](=O)[O-])C1=O)N1CCCCC1. The number of nitro groups is 1. The first-order chi connectivity index (χ1) is 12.5. The van der Waals surface area contributed by atoms with E-state index in [1.807, 2.05) is 0 Å². The van der Waals surface area contributed by atoms with Gasteiger partial charge in [0.2, 0.25) is 5.91 Å². The van der Waals surface area contributed by atoms with Crippen molar-refractivity contribution in [2.24, 2.45) is 0 Å². The molecule has 0 unspecified atom stereocenters. The second kappa shape index (κ2) is 7.69. The highest BCUT2D eigenvalue weighted by molar-refractivity contribution is 8.18. The van der Waals surface area contributed by atoms with Gasteiger partial charge in [0.15, 0.2) is 0 Å². The smallest absolute Gasteiger partial charge is 0.294 e. The Balaban J connectivity index is 1.76. The van der Waals surface area contributed by atoms with Gasteiger partial charge in [-0.2, -0.15) is 0 Å². The molecule has 0 aliphatic carbocycles. The van der Waals surface area contributed by atoms with Crippen LogP contribution < -0.4 is 0 Å². The van der Waals surface area contributed by atoms with Gasteiger partial charge in [-0.15, -0.1) is 0 Å². The van der Waals surface area contributed by atoms with Crippen molar-refractivity contribution in [1.29, 1.82) is 0 Å². The number of piperidine rings is 1. The molecule has 0 aromatic heterocycles. The van der Waals surface area contributed by atoms with E-state index in [-0.39, 0.29) is 28.6 Å². The van der Waals surface area contributed by atoms with E-state index in [9.17, 15) is 24.5 Å². The lowest BCUT2D eigenvalue weighted by Crippen LogP contribution is -2.44. The van der Waals surface area contributed by atoms with Crippen LogP contribution in [0.5, 0.6) is 0 Å². The molecule has 3 amide bonds. The summed E-state index contributed by atoms with van der Waals surface area (Å²) in [5, 5.41) is 10.5. The predicted molar refractivity (Wildman–Crippen MR) is 96.2 cm³/mol. The molecule has 1 aromatic rings. The van der Waals surface area contributed by atoms with Crippen LogP contribution in [0.2, 0.25) is 0 Å².